The lowest BCUT2D eigenvalue weighted by Crippen LogP contribution is -2.24. The highest BCUT2D eigenvalue weighted by atomic mass is 15.1. The van der Waals surface area contributed by atoms with Crippen LogP contribution in [-0.4, -0.2) is 13.1 Å². The van der Waals surface area contributed by atoms with Crippen molar-refractivity contribution in [3.63, 3.8) is 0 Å². The second-order valence-corrected chi connectivity index (χ2v) is 17.8. The van der Waals surface area contributed by atoms with Gasteiger partial charge in [-0.2, -0.15) is 0 Å². The van der Waals surface area contributed by atoms with E-state index < -0.39 is 0 Å². The lowest BCUT2D eigenvalue weighted by atomic mass is 9.84. The van der Waals surface area contributed by atoms with E-state index in [2.05, 4.69) is 216 Å². The Hall–Kier alpha value is -7.68. The molecule has 0 saturated carbocycles. The third-order valence-electron chi connectivity index (χ3n) is 14.2. The number of hydrogen-bond acceptors (Lipinski definition) is 2. The van der Waals surface area contributed by atoms with Crippen molar-refractivity contribution in [1.29, 1.82) is 0 Å². The van der Waals surface area contributed by atoms with Crippen LogP contribution in [0.5, 0.6) is 0 Å². The monoisotopic (exact) mass is 818 g/mol. The topological polar surface area (TPSA) is 6.48 Å². The first-order chi connectivity index (χ1) is 31.7. The molecule has 0 aromatic heterocycles. The maximum absolute atomic E-state index is 2.55. The van der Waals surface area contributed by atoms with Crippen molar-refractivity contribution in [3.8, 4) is 33.4 Å². The average Bonchev–Trinajstić information content (AvgIpc) is 3.36. The maximum atomic E-state index is 2.55. The molecule has 11 aromatic carbocycles. The minimum Gasteiger partial charge on any atom is -0.341 e. The van der Waals surface area contributed by atoms with Crippen molar-refractivity contribution >= 4 is 76.6 Å². The summed E-state index contributed by atoms with van der Waals surface area (Å²) < 4.78 is 0. The van der Waals surface area contributed by atoms with Crippen molar-refractivity contribution in [2.45, 2.75) is 25.7 Å². The third-order valence-corrected chi connectivity index (χ3v) is 14.2. The quantitative estimate of drug-likeness (QED) is 0.160. The molecule has 304 valence electrons. The van der Waals surface area contributed by atoms with Crippen LogP contribution in [0, 0.1) is 0 Å². The molecule has 2 aliphatic heterocycles. The van der Waals surface area contributed by atoms with Gasteiger partial charge in [0, 0.05) is 35.8 Å². The van der Waals surface area contributed by atoms with Gasteiger partial charge in [0.25, 0.3) is 0 Å². The van der Waals surface area contributed by atoms with Gasteiger partial charge in [-0.1, -0.05) is 152 Å². The lowest BCUT2D eigenvalue weighted by molar-refractivity contribution is 0.767. The van der Waals surface area contributed by atoms with Crippen molar-refractivity contribution in [3.05, 3.63) is 217 Å². The molecule has 0 unspecified atom stereocenters. The van der Waals surface area contributed by atoms with Gasteiger partial charge in [0.2, 0.25) is 0 Å². The minimum atomic E-state index is 0.999. The molecule has 2 aliphatic rings. The van der Waals surface area contributed by atoms with Crippen LogP contribution in [0.2, 0.25) is 0 Å². The van der Waals surface area contributed by atoms with Crippen LogP contribution in [-0.2, 0) is 12.8 Å². The summed E-state index contributed by atoms with van der Waals surface area (Å²) in [5, 5.41) is 12.6. The van der Waals surface area contributed by atoms with Crippen LogP contribution >= 0.6 is 0 Å². The highest BCUT2D eigenvalue weighted by molar-refractivity contribution is 6.23. The summed E-state index contributed by atoms with van der Waals surface area (Å²) in [6.07, 6.45) is 4.51. The smallest absolute Gasteiger partial charge is 0.0443 e. The van der Waals surface area contributed by atoms with E-state index in [1.807, 2.05) is 0 Å². The Balaban J connectivity index is 1.08. The molecule has 0 bridgehead atoms. The van der Waals surface area contributed by atoms with E-state index in [0.29, 0.717) is 0 Å². The highest BCUT2D eigenvalue weighted by Crippen LogP contribution is 2.48. The summed E-state index contributed by atoms with van der Waals surface area (Å²) in [5.41, 5.74) is 15.5. The van der Waals surface area contributed by atoms with Crippen LogP contribution < -0.4 is 9.80 Å². The largest absolute Gasteiger partial charge is 0.341 e. The molecule has 13 rings (SSSR count). The average molecular weight is 819 g/mol. The molecule has 0 fully saturated rings. The Labute approximate surface area is 374 Å². The van der Waals surface area contributed by atoms with Gasteiger partial charge in [-0.15, -0.1) is 0 Å². The molecule has 11 aromatic rings. The fourth-order valence-corrected chi connectivity index (χ4v) is 11.2. The summed E-state index contributed by atoms with van der Waals surface area (Å²) in [6, 6.07) is 77.9. The number of rotatable bonds is 5. The number of benzene rings is 11. The number of fused-ring (bicyclic) bond motifs is 7. The maximum Gasteiger partial charge on any atom is 0.0443 e. The summed E-state index contributed by atoms with van der Waals surface area (Å²) in [6.45, 7) is 2.00. The van der Waals surface area contributed by atoms with E-state index in [0.717, 1.165) is 38.8 Å². The van der Waals surface area contributed by atoms with Crippen LogP contribution in [0.1, 0.15) is 24.0 Å². The van der Waals surface area contributed by atoms with E-state index >= 15 is 0 Å². The molecular formula is C62H46N2. The molecule has 64 heavy (non-hydrogen) atoms. The lowest BCUT2D eigenvalue weighted by Gasteiger charge is -2.32. The van der Waals surface area contributed by atoms with Crippen LogP contribution in [0.4, 0.5) is 22.7 Å². The Kier molecular flexibility index (Phi) is 8.65. The van der Waals surface area contributed by atoms with E-state index in [9.17, 15) is 0 Å². The summed E-state index contributed by atoms with van der Waals surface area (Å²) in [5.74, 6) is 0. The zero-order valence-corrected chi connectivity index (χ0v) is 35.8. The molecule has 0 radical (unpaired) electrons. The normalized spacial score (nSPS) is 13.8. The molecule has 0 saturated heterocycles. The predicted molar refractivity (Wildman–Crippen MR) is 274 cm³/mol. The highest BCUT2D eigenvalue weighted by Gasteiger charge is 2.24. The first kappa shape index (κ1) is 36.9. The van der Waals surface area contributed by atoms with Crippen molar-refractivity contribution < 1.29 is 0 Å². The molecule has 0 atom stereocenters. The van der Waals surface area contributed by atoms with Crippen LogP contribution in [0.15, 0.2) is 206 Å². The van der Waals surface area contributed by atoms with E-state index in [1.165, 1.54) is 121 Å². The number of aryl methyl sites for hydroxylation is 2. The van der Waals surface area contributed by atoms with Gasteiger partial charge in [-0.05, 0) is 179 Å². The zero-order valence-electron chi connectivity index (χ0n) is 35.8. The van der Waals surface area contributed by atoms with Gasteiger partial charge in [0.1, 0.15) is 0 Å². The molecular weight excluding hydrogens is 773 g/mol. The molecule has 0 aliphatic carbocycles. The van der Waals surface area contributed by atoms with Crippen molar-refractivity contribution in [2.75, 3.05) is 22.9 Å². The standard InChI is InChI=1S/C62H46N2/c1-2-16-45-37-49(28-24-41(45)12-1)61-55-32-30-52(64-35-11-19-44-15-5-8-23-60(44)64)40-58(55)62(56-33-31-51(39-57(56)61)63-34-10-18-43-14-4-7-22-59(43)63)50-29-26-46-36-48(27-25-47(46)38-50)54-21-9-17-42-13-3-6-20-53(42)54/h1-9,12-17,20-33,36-40H,10-11,18-19,34-35H2. The fraction of sp³-hybridized carbons (Fsp3) is 0.0968. The van der Waals surface area contributed by atoms with Gasteiger partial charge in [0.15, 0.2) is 0 Å². The van der Waals surface area contributed by atoms with E-state index in [1.54, 1.807) is 0 Å². The SMILES string of the molecule is c1ccc2c(c1)CCCN2c1ccc2c(-c3ccc4cc(-c5cccc6ccccc56)ccc4c3)c3cc(N4CCCc5ccccc54)ccc3c(-c3ccc4ccccc4c3)c2c1. The Morgan fingerprint density at radius 1 is 0.297 bits per heavy atom. The molecule has 0 N–H and O–H groups in total. The first-order valence-corrected chi connectivity index (χ1v) is 23.0. The van der Waals surface area contributed by atoms with Gasteiger partial charge >= 0.3 is 0 Å². The molecule has 2 heterocycles. The summed E-state index contributed by atoms with van der Waals surface area (Å²) in [4.78, 5) is 5.10. The fourth-order valence-electron chi connectivity index (χ4n) is 11.2. The van der Waals surface area contributed by atoms with Gasteiger partial charge in [-0.3, -0.25) is 0 Å². The van der Waals surface area contributed by atoms with Gasteiger partial charge in [-0.25, -0.2) is 0 Å². The summed E-state index contributed by atoms with van der Waals surface area (Å²) in [7, 11) is 0. The van der Waals surface area contributed by atoms with Crippen LogP contribution in [0.25, 0.3) is 87.2 Å². The second-order valence-electron chi connectivity index (χ2n) is 17.8. The van der Waals surface area contributed by atoms with Crippen LogP contribution in [0.3, 0.4) is 0 Å². The minimum absolute atomic E-state index is 0.999. The molecule has 0 spiro atoms. The Bertz CT molecular complexity index is 3650. The van der Waals surface area contributed by atoms with Gasteiger partial charge in [0.05, 0.1) is 0 Å². The predicted octanol–water partition coefficient (Wildman–Crippen LogP) is 16.6. The van der Waals surface area contributed by atoms with E-state index in [-0.39, 0.29) is 0 Å². The van der Waals surface area contributed by atoms with Crippen molar-refractivity contribution in [1.82, 2.24) is 0 Å². The molecule has 0 amide bonds. The number of para-hydroxylation sites is 2. The summed E-state index contributed by atoms with van der Waals surface area (Å²) >= 11 is 0. The Morgan fingerprint density at radius 2 is 0.766 bits per heavy atom. The molecule has 2 nitrogen and oxygen atoms in total. The zero-order chi connectivity index (χ0) is 42.1. The number of hydrogen-bond donors (Lipinski definition) is 0. The van der Waals surface area contributed by atoms with Gasteiger partial charge < -0.3 is 9.80 Å². The van der Waals surface area contributed by atoms with Crippen molar-refractivity contribution in [2.24, 2.45) is 0 Å². The van der Waals surface area contributed by atoms with E-state index in [4.69, 9.17) is 0 Å². The number of anilines is 4. The second kappa shape index (κ2) is 15.0. The Morgan fingerprint density at radius 3 is 1.39 bits per heavy atom. The third kappa shape index (κ3) is 6.08. The number of nitrogens with zero attached hydrogens (tertiary/aromatic N) is 2. The molecule has 2 heteroatoms. The first-order valence-electron chi connectivity index (χ1n) is 23.0.